The van der Waals surface area contributed by atoms with Crippen LogP contribution in [0, 0.1) is 5.92 Å². The number of hydrogen-bond acceptors (Lipinski definition) is 2. The van der Waals surface area contributed by atoms with Crippen LogP contribution in [0.25, 0.3) is 0 Å². The zero-order valence-electron chi connectivity index (χ0n) is 13.8. The Morgan fingerprint density at radius 2 is 1.95 bits per heavy atom. The summed E-state index contributed by atoms with van der Waals surface area (Å²) in [5.41, 5.74) is 0.602. The van der Waals surface area contributed by atoms with Crippen LogP contribution >= 0.6 is 0 Å². The molecule has 1 fully saturated rings. The number of carbonyl (C=O) groups is 1. The van der Waals surface area contributed by atoms with Gasteiger partial charge >= 0.3 is 0 Å². The summed E-state index contributed by atoms with van der Waals surface area (Å²) in [5, 5.41) is 0. The number of para-hydroxylation sites is 2. The third-order valence-corrected chi connectivity index (χ3v) is 4.87. The Bertz CT molecular complexity index is 532. The number of hydrogen-bond donors (Lipinski definition) is 0. The molecule has 0 radical (unpaired) electrons. The second-order valence-corrected chi connectivity index (χ2v) is 7.35. The van der Waals surface area contributed by atoms with Crippen molar-refractivity contribution in [3.63, 3.8) is 0 Å². The normalized spacial score (nSPS) is 21.1. The molecule has 120 valence electrons. The van der Waals surface area contributed by atoms with Gasteiger partial charge in [-0.25, -0.2) is 0 Å². The molecular weight excluding hydrogens is 274 g/mol. The highest BCUT2D eigenvalue weighted by molar-refractivity contribution is 5.95. The molecule has 0 unspecified atom stereocenters. The fraction of sp³-hybridized carbons (Fsp3) is 0.632. The van der Waals surface area contributed by atoms with Crippen molar-refractivity contribution in [2.24, 2.45) is 5.92 Å². The van der Waals surface area contributed by atoms with Crippen molar-refractivity contribution in [3.8, 4) is 5.75 Å². The second kappa shape index (κ2) is 6.31. The molecule has 22 heavy (non-hydrogen) atoms. The van der Waals surface area contributed by atoms with Crippen LogP contribution in [0.2, 0.25) is 0 Å². The molecule has 0 spiro atoms. The fourth-order valence-corrected chi connectivity index (χ4v) is 3.72. The topological polar surface area (TPSA) is 29.5 Å². The second-order valence-electron chi connectivity index (χ2n) is 7.35. The summed E-state index contributed by atoms with van der Waals surface area (Å²) in [5.74, 6) is 1.82. The molecule has 1 heterocycles. The van der Waals surface area contributed by atoms with Crippen molar-refractivity contribution in [2.75, 3.05) is 11.4 Å². The third-order valence-electron chi connectivity index (χ3n) is 4.87. The van der Waals surface area contributed by atoms with E-state index < -0.39 is 0 Å². The van der Waals surface area contributed by atoms with Crippen LogP contribution < -0.4 is 9.64 Å². The van der Waals surface area contributed by atoms with Gasteiger partial charge in [-0.1, -0.05) is 44.2 Å². The van der Waals surface area contributed by atoms with Crippen LogP contribution in [-0.4, -0.2) is 18.1 Å². The molecule has 0 N–H and O–H groups in total. The van der Waals surface area contributed by atoms with E-state index in [2.05, 4.69) is 0 Å². The van der Waals surface area contributed by atoms with Gasteiger partial charge in [-0.05, 0) is 38.3 Å². The minimum atomic E-state index is -0.325. The van der Waals surface area contributed by atoms with E-state index in [1.807, 2.05) is 43.0 Å². The van der Waals surface area contributed by atoms with Crippen molar-refractivity contribution in [2.45, 2.75) is 64.4 Å². The summed E-state index contributed by atoms with van der Waals surface area (Å²) in [7, 11) is 0. The van der Waals surface area contributed by atoms with Gasteiger partial charge in [-0.15, -0.1) is 0 Å². The lowest BCUT2D eigenvalue weighted by molar-refractivity contribution is -0.119. The minimum Gasteiger partial charge on any atom is -0.484 e. The van der Waals surface area contributed by atoms with Gasteiger partial charge in [-0.3, -0.25) is 4.79 Å². The largest absolute Gasteiger partial charge is 0.484 e. The van der Waals surface area contributed by atoms with Gasteiger partial charge in [0.25, 0.3) is 0 Å². The number of rotatable bonds is 3. The molecule has 1 aromatic carbocycles. The number of fused-ring (bicyclic) bond motifs is 1. The van der Waals surface area contributed by atoms with Crippen molar-refractivity contribution >= 4 is 11.6 Å². The Morgan fingerprint density at radius 1 is 1.23 bits per heavy atom. The number of carbonyl (C=O) groups excluding carboxylic acids is 1. The SMILES string of the molecule is CC1(C)CN(C(=O)CCC2CCCCC2)c2ccccc2O1. The van der Waals surface area contributed by atoms with Gasteiger partial charge in [-0.2, -0.15) is 0 Å². The molecule has 1 saturated carbocycles. The van der Waals surface area contributed by atoms with Gasteiger partial charge in [0.1, 0.15) is 11.4 Å². The van der Waals surface area contributed by atoms with Crippen LogP contribution in [0.4, 0.5) is 5.69 Å². The molecule has 2 aliphatic rings. The van der Waals surface area contributed by atoms with E-state index in [-0.39, 0.29) is 11.5 Å². The van der Waals surface area contributed by atoms with E-state index in [9.17, 15) is 4.79 Å². The minimum absolute atomic E-state index is 0.245. The van der Waals surface area contributed by atoms with Gasteiger partial charge in [0.05, 0.1) is 12.2 Å². The zero-order valence-corrected chi connectivity index (χ0v) is 13.8. The Kier molecular flexibility index (Phi) is 4.42. The van der Waals surface area contributed by atoms with Gasteiger partial charge in [0.2, 0.25) is 5.91 Å². The Hall–Kier alpha value is -1.51. The summed E-state index contributed by atoms with van der Waals surface area (Å²) in [6, 6.07) is 7.88. The molecule has 3 nitrogen and oxygen atoms in total. The van der Waals surface area contributed by atoms with Crippen LogP contribution in [0.5, 0.6) is 5.75 Å². The lowest BCUT2D eigenvalue weighted by atomic mass is 9.86. The predicted molar refractivity (Wildman–Crippen MR) is 89.3 cm³/mol. The van der Waals surface area contributed by atoms with E-state index in [0.29, 0.717) is 13.0 Å². The van der Waals surface area contributed by atoms with E-state index in [0.717, 1.165) is 23.8 Å². The smallest absolute Gasteiger partial charge is 0.227 e. The molecule has 3 rings (SSSR count). The van der Waals surface area contributed by atoms with Gasteiger partial charge < -0.3 is 9.64 Å². The zero-order chi connectivity index (χ0) is 15.6. The Morgan fingerprint density at radius 3 is 2.73 bits per heavy atom. The molecule has 0 saturated heterocycles. The molecule has 1 amide bonds. The quantitative estimate of drug-likeness (QED) is 0.819. The number of anilines is 1. The summed E-state index contributed by atoms with van der Waals surface area (Å²) < 4.78 is 6.00. The molecule has 0 bridgehead atoms. The maximum Gasteiger partial charge on any atom is 0.227 e. The fourth-order valence-electron chi connectivity index (χ4n) is 3.72. The predicted octanol–water partition coefficient (Wildman–Crippen LogP) is 4.55. The first kappa shape index (κ1) is 15.4. The van der Waals surface area contributed by atoms with Crippen molar-refractivity contribution in [1.29, 1.82) is 0 Å². The Labute approximate surface area is 133 Å². The van der Waals surface area contributed by atoms with Crippen molar-refractivity contribution < 1.29 is 9.53 Å². The third kappa shape index (κ3) is 3.45. The maximum atomic E-state index is 12.8. The van der Waals surface area contributed by atoms with Gasteiger partial charge in [0, 0.05) is 6.42 Å². The highest BCUT2D eigenvalue weighted by Crippen LogP contribution is 2.37. The van der Waals surface area contributed by atoms with E-state index in [1.54, 1.807) is 0 Å². The van der Waals surface area contributed by atoms with E-state index in [4.69, 9.17) is 4.74 Å². The molecule has 1 aliphatic heterocycles. The average Bonchev–Trinajstić information content (AvgIpc) is 2.52. The molecule has 1 aromatic rings. The molecular formula is C19H27NO2. The van der Waals surface area contributed by atoms with Crippen molar-refractivity contribution in [1.82, 2.24) is 0 Å². The first-order chi connectivity index (χ1) is 10.6. The summed E-state index contributed by atoms with van der Waals surface area (Å²) in [6.07, 6.45) is 8.36. The lowest BCUT2D eigenvalue weighted by Gasteiger charge is -2.40. The monoisotopic (exact) mass is 301 g/mol. The van der Waals surface area contributed by atoms with Crippen LogP contribution in [0.1, 0.15) is 58.8 Å². The Balaban J connectivity index is 1.68. The van der Waals surface area contributed by atoms with Crippen LogP contribution in [0.3, 0.4) is 0 Å². The van der Waals surface area contributed by atoms with Gasteiger partial charge in [0.15, 0.2) is 0 Å². The first-order valence-corrected chi connectivity index (χ1v) is 8.64. The summed E-state index contributed by atoms with van der Waals surface area (Å²) in [6.45, 7) is 4.72. The standard InChI is InChI=1S/C19H27NO2/c1-19(2)14-20(16-10-6-7-11-17(16)22-19)18(21)13-12-15-8-4-3-5-9-15/h6-7,10-11,15H,3-5,8-9,12-14H2,1-2H3. The van der Waals surface area contributed by atoms with E-state index in [1.165, 1.54) is 32.1 Å². The van der Waals surface area contributed by atoms with Crippen molar-refractivity contribution in [3.05, 3.63) is 24.3 Å². The molecule has 3 heteroatoms. The highest BCUT2D eigenvalue weighted by Gasteiger charge is 2.34. The van der Waals surface area contributed by atoms with Crippen LogP contribution in [0.15, 0.2) is 24.3 Å². The number of benzene rings is 1. The summed E-state index contributed by atoms with van der Waals surface area (Å²) in [4.78, 5) is 14.7. The average molecular weight is 301 g/mol. The first-order valence-electron chi connectivity index (χ1n) is 8.64. The lowest BCUT2D eigenvalue weighted by Crippen LogP contribution is -2.49. The maximum absolute atomic E-state index is 12.8. The molecule has 0 aromatic heterocycles. The number of ether oxygens (including phenoxy) is 1. The molecule has 1 aliphatic carbocycles. The summed E-state index contributed by atoms with van der Waals surface area (Å²) >= 11 is 0. The number of amides is 1. The number of nitrogens with zero attached hydrogens (tertiary/aromatic N) is 1. The molecule has 0 atom stereocenters. The van der Waals surface area contributed by atoms with Crippen LogP contribution in [-0.2, 0) is 4.79 Å². The highest BCUT2D eigenvalue weighted by atomic mass is 16.5. The van der Waals surface area contributed by atoms with E-state index >= 15 is 0 Å².